The fourth-order valence-corrected chi connectivity index (χ4v) is 10.3. The number of nitrogens with zero attached hydrogens (tertiary/aromatic N) is 2. The minimum absolute atomic E-state index is 0.0649. The first-order chi connectivity index (χ1) is 33.3. The lowest BCUT2D eigenvalue weighted by Gasteiger charge is -2.46. The summed E-state index contributed by atoms with van der Waals surface area (Å²) in [7, 11) is 18.7. The maximum Gasteiger partial charge on any atom is 0.306 e. The summed E-state index contributed by atoms with van der Waals surface area (Å²) in [4.78, 5) is 38.5. The molecule has 69 heavy (non-hydrogen) atoms. The van der Waals surface area contributed by atoms with Crippen LogP contribution in [0.25, 0.3) is 0 Å². The molecule has 0 fully saturated rings. The number of ether oxygens (including phenoxy) is 11. The molecular formula is C53H70N2O14+2. The highest BCUT2D eigenvalue weighted by Crippen LogP contribution is 2.51. The molecule has 2 aliphatic rings. The van der Waals surface area contributed by atoms with Crippen LogP contribution in [0.15, 0.2) is 48.5 Å². The number of methoxy groups -OCH3 is 9. The van der Waals surface area contributed by atoms with E-state index in [1.54, 1.807) is 56.9 Å². The van der Waals surface area contributed by atoms with Crippen molar-refractivity contribution >= 4 is 18.2 Å². The topological polar surface area (TPSA) is 153 Å². The summed E-state index contributed by atoms with van der Waals surface area (Å²) in [5.74, 6) is 4.11. The number of quaternary nitrogens is 2. The zero-order chi connectivity index (χ0) is 49.9. The van der Waals surface area contributed by atoms with E-state index in [1.165, 1.54) is 18.2 Å². The molecule has 4 atom stereocenters. The smallest absolute Gasteiger partial charge is 0.306 e. The zero-order valence-electron chi connectivity index (χ0n) is 42.2. The van der Waals surface area contributed by atoms with Crippen LogP contribution in [-0.4, -0.2) is 145 Å². The molecule has 4 unspecified atom stereocenters. The van der Waals surface area contributed by atoms with Gasteiger partial charge in [0, 0.05) is 43.2 Å². The van der Waals surface area contributed by atoms with Crippen molar-refractivity contribution < 1.29 is 75.5 Å². The van der Waals surface area contributed by atoms with Crippen LogP contribution in [-0.2, 0) is 38.3 Å². The fourth-order valence-electron chi connectivity index (χ4n) is 10.3. The Kier molecular flexibility index (Phi) is 17.5. The van der Waals surface area contributed by atoms with Gasteiger partial charge in [-0.15, -0.1) is 0 Å². The highest BCUT2D eigenvalue weighted by Gasteiger charge is 2.45. The molecule has 0 spiro atoms. The van der Waals surface area contributed by atoms with Crippen molar-refractivity contribution in [1.82, 2.24) is 0 Å². The fraction of sp³-hybridized carbons (Fsp3) is 0.491. The number of hydrogen-bond acceptors (Lipinski definition) is 14. The molecule has 0 saturated carbocycles. The normalized spacial score (nSPS) is 19.2. The van der Waals surface area contributed by atoms with Gasteiger partial charge in [-0.2, -0.15) is 0 Å². The van der Waals surface area contributed by atoms with Gasteiger partial charge in [-0.05, 0) is 59.2 Å². The molecule has 16 nitrogen and oxygen atoms in total. The molecular weight excluding hydrogens is 889 g/mol. The van der Waals surface area contributed by atoms with Crippen LogP contribution < -0.4 is 42.6 Å². The van der Waals surface area contributed by atoms with E-state index in [1.807, 2.05) is 30.3 Å². The lowest BCUT2D eigenvalue weighted by Crippen LogP contribution is -2.52. The molecule has 4 aromatic rings. The third-order valence-electron chi connectivity index (χ3n) is 14.0. The number of rotatable bonds is 24. The number of carbonyl (C=O) groups is 3. The van der Waals surface area contributed by atoms with Crippen molar-refractivity contribution in [2.45, 2.75) is 57.0 Å². The first-order valence-electron chi connectivity index (χ1n) is 23.3. The standard InChI is InChI=1S/C53H70N2O14/c1-54(22-18-35-28-44(62-6)45(63-7)32-38(35)40(54)26-34-14-15-41(59-3)43(27-34)61-5)20-12-24-68-48(57)16-17-49(58)69-25-13-21-55(2)23-19-36-29-42(60-4)39(33-56)52(66-10)50(36)51(55)37-30-46(64-8)53(67-11)47(31-37)65-9/h14-15,27-33,40,51H,12-13,16-26H2,1-11H3/q+2. The number of aldehydes is 1. The zero-order valence-corrected chi connectivity index (χ0v) is 42.2. The van der Waals surface area contributed by atoms with Gasteiger partial charge in [0.2, 0.25) is 5.75 Å². The quantitative estimate of drug-likeness (QED) is 0.0299. The monoisotopic (exact) mass is 958 g/mol. The molecule has 2 heterocycles. The maximum atomic E-state index is 13.0. The number of hydrogen-bond donors (Lipinski definition) is 0. The van der Waals surface area contributed by atoms with E-state index in [9.17, 15) is 14.4 Å². The Bertz CT molecular complexity index is 2430. The third kappa shape index (κ3) is 11.2. The van der Waals surface area contributed by atoms with Crippen molar-refractivity contribution in [3.63, 3.8) is 0 Å². The van der Waals surface area contributed by atoms with Gasteiger partial charge in [0.25, 0.3) is 0 Å². The van der Waals surface area contributed by atoms with Crippen LogP contribution in [0.3, 0.4) is 0 Å². The Morgan fingerprint density at radius 3 is 1.62 bits per heavy atom. The van der Waals surface area contributed by atoms with E-state index >= 15 is 0 Å². The average molecular weight is 959 g/mol. The molecule has 2 aliphatic heterocycles. The highest BCUT2D eigenvalue weighted by molar-refractivity contribution is 5.86. The number of fused-ring (bicyclic) bond motifs is 2. The van der Waals surface area contributed by atoms with Gasteiger partial charge >= 0.3 is 11.9 Å². The SMILES string of the molecule is COc1ccc(CC2c3cc(OC)c(OC)cc3CC[N+]2(C)CCCOC(=O)CCC(=O)OCCC[N+]2(C)CCc3cc(OC)c(C=O)c(OC)c3C2c2cc(OC)c(OC)c(OC)c2)cc1OC. The van der Waals surface area contributed by atoms with Gasteiger partial charge in [0.15, 0.2) is 40.8 Å². The largest absolute Gasteiger partial charge is 0.496 e. The lowest BCUT2D eigenvalue weighted by atomic mass is 9.83. The average Bonchev–Trinajstić information content (AvgIpc) is 3.37. The summed E-state index contributed by atoms with van der Waals surface area (Å²) in [5.41, 5.74) is 6.54. The molecule has 4 aromatic carbocycles. The highest BCUT2D eigenvalue weighted by atomic mass is 16.5. The van der Waals surface area contributed by atoms with E-state index in [0.29, 0.717) is 94.1 Å². The number of benzene rings is 4. The van der Waals surface area contributed by atoms with Crippen molar-refractivity contribution in [3.05, 3.63) is 87.5 Å². The molecule has 0 bridgehead atoms. The predicted octanol–water partition coefficient (Wildman–Crippen LogP) is 7.30. The second kappa shape index (κ2) is 23.3. The molecule has 0 radical (unpaired) electrons. The summed E-state index contributed by atoms with van der Waals surface area (Å²) in [6.45, 7) is 3.32. The van der Waals surface area contributed by atoms with E-state index in [2.05, 4.69) is 32.3 Å². The number of likely N-dealkylation sites (N-methyl/N-ethyl adjacent to an activating group) is 2. The predicted molar refractivity (Wildman–Crippen MR) is 258 cm³/mol. The summed E-state index contributed by atoms with van der Waals surface area (Å²) in [6, 6.07) is 15.7. The van der Waals surface area contributed by atoms with E-state index in [4.69, 9.17) is 52.1 Å². The van der Waals surface area contributed by atoms with E-state index in [0.717, 1.165) is 59.0 Å². The van der Waals surface area contributed by atoms with Crippen LogP contribution >= 0.6 is 0 Å². The van der Waals surface area contributed by atoms with Crippen molar-refractivity contribution in [2.24, 2.45) is 0 Å². The minimum atomic E-state index is -0.473. The summed E-state index contributed by atoms with van der Waals surface area (Å²) in [6.07, 6.45) is 3.99. The van der Waals surface area contributed by atoms with Gasteiger partial charge < -0.3 is 61.1 Å². The molecule has 0 aliphatic carbocycles. The van der Waals surface area contributed by atoms with Gasteiger partial charge in [-0.3, -0.25) is 14.4 Å². The summed E-state index contributed by atoms with van der Waals surface area (Å²) in [5, 5.41) is 0. The Balaban J connectivity index is 1.06. The first-order valence-corrected chi connectivity index (χ1v) is 23.3. The van der Waals surface area contributed by atoms with Crippen molar-refractivity contribution in [2.75, 3.05) is 117 Å². The van der Waals surface area contributed by atoms with Crippen LogP contribution in [0.1, 0.15) is 81.5 Å². The Hall–Kier alpha value is -6.39. The Morgan fingerprint density at radius 1 is 0.565 bits per heavy atom. The van der Waals surface area contributed by atoms with Crippen LogP contribution in [0.5, 0.6) is 51.7 Å². The van der Waals surface area contributed by atoms with Gasteiger partial charge in [-0.1, -0.05) is 6.07 Å². The minimum Gasteiger partial charge on any atom is -0.496 e. The van der Waals surface area contributed by atoms with E-state index < -0.39 is 11.9 Å². The lowest BCUT2D eigenvalue weighted by molar-refractivity contribution is -0.941. The Morgan fingerprint density at radius 2 is 1.07 bits per heavy atom. The first kappa shape index (κ1) is 52.0. The van der Waals surface area contributed by atoms with Crippen LogP contribution in [0.2, 0.25) is 0 Å². The summed E-state index contributed by atoms with van der Waals surface area (Å²) < 4.78 is 63.9. The maximum absolute atomic E-state index is 13.0. The molecule has 0 aromatic heterocycles. The number of carbonyl (C=O) groups excluding carboxylic acids is 3. The van der Waals surface area contributed by atoms with Gasteiger partial charge in [-0.25, -0.2) is 0 Å². The second-order valence-corrected chi connectivity index (χ2v) is 17.9. The summed E-state index contributed by atoms with van der Waals surface area (Å²) >= 11 is 0. The van der Waals surface area contributed by atoms with Gasteiger partial charge in [0.1, 0.15) is 23.6 Å². The molecule has 0 amide bonds. The van der Waals surface area contributed by atoms with Crippen molar-refractivity contribution in [3.8, 4) is 51.7 Å². The van der Waals surface area contributed by atoms with E-state index in [-0.39, 0.29) is 38.1 Å². The Labute approximate surface area is 406 Å². The molecule has 0 saturated heterocycles. The van der Waals surface area contributed by atoms with Gasteiger partial charge in [0.05, 0.1) is 141 Å². The third-order valence-corrected chi connectivity index (χ3v) is 14.0. The molecule has 0 N–H and O–H groups in total. The van der Waals surface area contributed by atoms with Crippen LogP contribution in [0, 0.1) is 0 Å². The van der Waals surface area contributed by atoms with Crippen molar-refractivity contribution in [1.29, 1.82) is 0 Å². The number of esters is 2. The molecule has 16 heteroatoms. The van der Waals surface area contributed by atoms with Crippen LogP contribution in [0.4, 0.5) is 0 Å². The molecule has 6 rings (SSSR count). The molecule has 374 valence electrons. The second-order valence-electron chi connectivity index (χ2n) is 17.9.